The van der Waals surface area contributed by atoms with E-state index >= 15 is 0 Å². The number of aromatic nitrogens is 2. The van der Waals surface area contributed by atoms with E-state index in [2.05, 4.69) is 5.10 Å². The number of aryl methyl sites for hydroxylation is 1. The molecule has 0 saturated heterocycles. The Bertz CT molecular complexity index is 944. The summed E-state index contributed by atoms with van der Waals surface area (Å²) in [6.45, 7) is 1.85. The maximum absolute atomic E-state index is 13.3. The predicted molar refractivity (Wildman–Crippen MR) is 81.3 cm³/mol. The lowest BCUT2D eigenvalue weighted by molar-refractivity contribution is 0.580. The summed E-state index contributed by atoms with van der Waals surface area (Å²) in [6.07, 6.45) is 2.48. The van der Waals surface area contributed by atoms with Crippen LogP contribution in [0.3, 0.4) is 0 Å². The minimum atomic E-state index is -3.85. The molecule has 3 aromatic rings. The van der Waals surface area contributed by atoms with Crippen LogP contribution in [0.4, 0.5) is 8.78 Å². The van der Waals surface area contributed by atoms with Crippen molar-refractivity contribution in [2.75, 3.05) is 0 Å². The van der Waals surface area contributed by atoms with E-state index in [-0.39, 0.29) is 10.5 Å². The lowest BCUT2D eigenvalue weighted by Crippen LogP contribution is -2.13. The average Bonchev–Trinajstić information content (AvgIpc) is 2.97. The number of hydrogen-bond acceptors (Lipinski definition) is 3. The first-order valence-electron chi connectivity index (χ1n) is 6.70. The minimum Gasteiger partial charge on any atom is -0.207 e. The van der Waals surface area contributed by atoms with Crippen LogP contribution in [-0.4, -0.2) is 17.6 Å². The second-order valence-corrected chi connectivity index (χ2v) is 6.87. The van der Waals surface area contributed by atoms with Crippen molar-refractivity contribution in [2.24, 2.45) is 0 Å². The van der Waals surface area contributed by atoms with Crippen molar-refractivity contribution in [1.82, 2.24) is 9.19 Å². The second-order valence-electron chi connectivity index (χ2n) is 5.08. The van der Waals surface area contributed by atoms with Crippen molar-refractivity contribution in [3.8, 4) is 11.1 Å². The molecule has 0 radical (unpaired) electrons. The maximum Gasteiger partial charge on any atom is 0.282 e. The summed E-state index contributed by atoms with van der Waals surface area (Å²) in [5.41, 5.74) is 1.45. The van der Waals surface area contributed by atoms with Crippen molar-refractivity contribution in [3.63, 3.8) is 0 Å². The number of halogens is 2. The van der Waals surface area contributed by atoms with Crippen LogP contribution in [0.5, 0.6) is 0 Å². The highest BCUT2D eigenvalue weighted by molar-refractivity contribution is 7.89. The topological polar surface area (TPSA) is 52.0 Å². The van der Waals surface area contributed by atoms with E-state index in [9.17, 15) is 17.2 Å². The summed E-state index contributed by atoms with van der Waals surface area (Å²) in [5, 5.41) is 3.81. The van der Waals surface area contributed by atoms with E-state index in [4.69, 9.17) is 0 Å². The Morgan fingerprint density at radius 2 is 1.57 bits per heavy atom. The molecule has 0 aliphatic carbocycles. The van der Waals surface area contributed by atoms with Gasteiger partial charge in [0.1, 0.15) is 11.6 Å². The molecule has 0 unspecified atom stereocenters. The Kier molecular flexibility index (Phi) is 3.73. The van der Waals surface area contributed by atoms with Gasteiger partial charge in [-0.2, -0.15) is 17.6 Å². The fourth-order valence-corrected chi connectivity index (χ4v) is 3.24. The molecule has 0 fully saturated rings. The first kappa shape index (κ1) is 15.4. The lowest BCUT2D eigenvalue weighted by Gasteiger charge is -2.04. The molecule has 23 heavy (non-hydrogen) atoms. The average molecular weight is 334 g/mol. The standard InChI is InChI=1S/C16H12F2N2O2S/c1-11-2-4-16(5-3-11)23(21,22)20-10-13(9-19-20)12-6-14(17)8-15(18)7-12/h2-10H,1H3. The number of rotatable bonds is 3. The zero-order valence-electron chi connectivity index (χ0n) is 12.1. The molecule has 0 aliphatic heterocycles. The van der Waals surface area contributed by atoms with E-state index in [1.807, 2.05) is 6.92 Å². The molecule has 118 valence electrons. The highest BCUT2D eigenvalue weighted by atomic mass is 32.2. The second kappa shape index (κ2) is 5.58. The molecule has 7 heteroatoms. The fourth-order valence-electron chi connectivity index (χ4n) is 2.12. The number of nitrogens with zero attached hydrogens (tertiary/aromatic N) is 2. The van der Waals surface area contributed by atoms with Crippen LogP contribution >= 0.6 is 0 Å². The maximum atomic E-state index is 13.3. The van der Waals surface area contributed by atoms with E-state index < -0.39 is 21.7 Å². The molecule has 0 spiro atoms. The highest BCUT2D eigenvalue weighted by Gasteiger charge is 2.18. The van der Waals surface area contributed by atoms with Gasteiger partial charge in [-0.15, -0.1) is 0 Å². The largest absolute Gasteiger partial charge is 0.282 e. The first-order valence-corrected chi connectivity index (χ1v) is 8.14. The van der Waals surface area contributed by atoms with Crippen molar-refractivity contribution >= 4 is 10.0 Å². The zero-order valence-corrected chi connectivity index (χ0v) is 12.9. The van der Waals surface area contributed by atoms with E-state index in [1.165, 1.54) is 24.5 Å². The Morgan fingerprint density at radius 1 is 0.957 bits per heavy atom. The van der Waals surface area contributed by atoms with Crippen molar-refractivity contribution in [3.05, 3.63) is 72.1 Å². The lowest BCUT2D eigenvalue weighted by atomic mass is 10.1. The molecule has 0 amide bonds. The summed E-state index contributed by atoms with van der Waals surface area (Å²) in [5.74, 6) is -1.48. The van der Waals surface area contributed by atoms with Gasteiger partial charge in [0.05, 0.1) is 17.3 Å². The van der Waals surface area contributed by atoms with Gasteiger partial charge in [-0.3, -0.25) is 0 Å². The third-order valence-corrected chi connectivity index (χ3v) is 4.88. The molecule has 0 saturated carbocycles. The smallest absolute Gasteiger partial charge is 0.207 e. The van der Waals surface area contributed by atoms with Crippen molar-refractivity contribution in [1.29, 1.82) is 0 Å². The third-order valence-electron chi connectivity index (χ3n) is 3.32. The zero-order chi connectivity index (χ0) is 16.6. The van der Waals surface area contributed by atoms with Gasteiger partial charge in [0.2, 0.25) is 0 Å². The van der Waals surface area contributed by atoms with Gasteiger partial charge < -0.3 is 0 Å². The SMILES string of the molecule is Cc1ccc(S(=O)(=O)n2cc(-c3cc(F)cc(F)c3)cn2)cc1. The Morgan fingerprint density at radius 3 is 2.17 bits per heavy atom. The molecule has 3 rings (SSSR count). The van der Waals surface area contributed by atoms with Gasteiger partial charge in [0.15, 0.2) is 0 Å². The van der Waals surface area contributed by atoms with Crippen LogP contribution in [0.2, 0.25) is 0 Å². The first-order chi connectivity index (χ1) is 10.9. The van der Waals surface area contributed by atoms with Gasteiger partial charge in [-0.05, 0) is 36.8 Å². The minimum absolute atomic E-state index is 0.0863. The Hall–Kier alpha value is -2.54. The van der Waals surface area contributed by atoms with E-state index in [0.717, 1.165) is 27.8 Å². The van der Waals surface area contributed by atoms with Crippen molar-refractivity contribution < 1.29 is 17.2 Å². The molecule has 0 N–H and O–H groups in total. The highest BCUT2D eigenvalue weighted by Crippen LogP contribution is 2.23. The summed E-state index contributed by atoms with van der Waals surface area (Å²) in [4.78, 5) is 0.0863. The molecule has 0 aliphatic rings. The van der Waals surface area contributed by atoms with Crippen LogP contribution in [0.25, 0.3) is 11.1 Å². The van der Waals surface area contributed by atoms with Crippen molar-refractivity contribution in [2.45, 2.75) is 11.8 Å². The van der Waals surface area contributed by atoms with E-state index in [1.54, 1.807) is 12.1 Å². The van der Waals surface area contributed by atoms with Gasteiger partial charge in [-0.1, -0.05) is 17.7 Å². The summed E-state index contributed by atoms with van der Waals surface area (Å²) in [6, 6.07) is 9.29. The van der Waals surface area contributed by atoms with Gasteiger partial charge >= 0.3 is 0 Å². The van der Waals surface area contributed by atoms with Crippen LogP contribution in [0.15, 0.2) is 59.8 Å². The molecule has 1 aromatic heterocycles. The summed E-state index contributed by atoms with van der Waals surface area (Å²) in [7, 11) is -3.85. The molecule has 4 nitrogen and oxygen atoms in total. The molecule has 1 heterocycles. The molecule has 0 bridgehead atoms. The number of benzene rings is 2. The molecule has 0 atom stereocenters. The molecular formula is C16H12F2N2O2S. The Balaban J connectivity index is 2.02. The summed E-state index contributed by atoms with van der Waals surface area (Å²) < 4.78 is 52.3. The van der Waals surface area contributed by atoms with Gasteiger partial charge in [0.25, 0.3) is 10.0 Å². The van der Waals surface area contributed by atoms with Crippen LogP contribution < -0.4 is 0 Å². The predicted octanol–water partition coefficient (Wildman–Crippen LogP) is 3.37. The quantitative estimate of drug-likeness (QED) is 0.738. The van der Waals surface area contributed by atoms with Crippen LogP contribution in [0, 0.1) is 18.6 Å². The Labute approximate surface area is 132 Å². The van der Waals surface area contributed by atoms with Gasteiger partial charge in [0, 0.05) is 11.6 Å². The van der Waals surface area contributed by atoms with Crippen LogP contribution in [-0.2, 0) is 10.0 Å². The third kappa shape index (κ3) is 3.00. The van der Waals surface area contributed by atoms with Crippen LogP contribution in [0.1, 0.15) is 5.56 Å². The summed E-state index contributed by atoms with van der Waals surface area (Å²) >= 11 is 0. The number of hydrogen-bond donors (Lipinski definition) is 0. The normalized spacial score (nSPS) is 11.6. The van der Waals surface area contributed by atoms with E-state index in [0.29, 0.717) is 5.56 Å². The molecule has 2 aromatic carbocycles. The van der Waals surface area contributed by atoms with Gasteiger partial charge in [-0.25, -0.2) is 8.78 Å². The monoisotopic (exact) mass is 334 g/mol. The molecular weight excluding hydrogens is 322 g/mol. The fraction of sp³-hybridized carbons (Fsp3) is 0.0625.